The van der Waals surface area contributed by atoms with Crippen LogP contribution in [-0.2, 0) is 0 Å². The standard InChI is InChI=1S/C4H6Cl2.Mg.2H/c5-4(6)3-1-2-3;;;/h3-4H,1-2H2;;;. The molecule has 0 N–H and O–H groups in total. The summed E-state index contributed by atoms with van der Waals surface area (Å²) in [5.74, 6) is 0.633. The van der Waals surface area contributed by atoms with Crippen molar-refractivity contribution >= 4 is 46.3 Å². The Labute approximate surface area is 69.7 Å². The van der Waals surface area contributed by atoms with Gasteiger partial charge < -0.3 is 0 Å². The van der Waals surface area contributed by atoms with E-state index in [1.54, 1.807) is 0 Å². The van der Waals surface area contributed by atoms with Gasteiger partial charge in [0.25, 0.3) is 0 Å². The Morgan fingerprint density at radius 3 is 1.71 bits per heavy atom. The lowest BCUT2D eigenvalue weighted by Crippen LogP contribution is -1.84. The van der Waals surface area contributed by atoms with Crippen LogP contribution in [-0.4, -0.2) is 27.9 Å². The summed E-state index contributed by atoms with van der Waals surface area (Å²) in [5.41, 5.74) is 0. The van der Waals surface area contributed by atoms with Gasteiger partial charge in [-0.25, -0.2) is 0 Å². The van der Waals surface area contributed by atoms with Crippen LogP contribution in [0.5, 0.6) is 0 Å². The largest absolute Gasteiger partial charge is 0.316 e. The molecule has 0 aromatic heterocycles. The highest BCUT2D eigenvalue weighted by molar-refractivity contribution is 6.44. The molecule has 0 heterocycles. The lowest BCUT2D eigenvalue weighted by molar-refractivity contribution is 0.935. The number of hydrogen-bond donors (Lipinski definition) is 0. The zero-order valence-corrected chi connectivity index (χ0v) is 4.84. The summed E-state index contributed by atoms with van der Waals surface area (Å²) in [5, 5.41) is 0. The first-order chi connectivity index (χ1) is 2.80. The molecule has 0 aliphatic heterocycles. The van der Waals surface area contributed by atoms with E-state index in [1.165, 1.54) is 12.8 Å². The Bertz CT molecular complexity index is 51.7. The molecule has 40 valence electrons. The van der Waals surface area contributed by atoms with Gasteiger partial charge in [0, 0.05) is 0 Å². The first-order valence-corrected chi connectivity index (χ1v) is 2.96. The topological polar surface area (TPSA) is 0 Å². The van der Waals surface area contributed by atoms with Gasteiger partial charge in [-0.15, -0.1) is 23.2 Å². The third kappa shape index (κ3) is 3.01. The van der Waals surface area contributed by atoms with Crippen molar-refractivity contribution in [1.29, 1.82) is 0 Å². The first kappa shape index (κ1) is 8.35. The molecule has 0 amide bonds. The van der Waals surface area contributed by atoms with Crippen molar-refractivity contribution in [1.82, 2.24) is 0 Å². The van der Waals surface area contributed by atoms with Crippen LogP contribution < -0.4 is 0 Å². The molecule has 0 spiro atoms. The SMILES string of the molecule is ClC(Cl)C1CC1.[MgH2]. The molecule has 1 fully saturated rings. The second-order valence-corrected chi connectivity index (χ2v) is 2.84. The summed E-state index contributed by atoms with van der Waals surface area (Å²) in [6.07, 6.45) is 2.47. The molecule has 0 aromatic rings. The highest BCUT2D eigenvalue weighted by Crippen LogP contribution is 2.37. The molecule has 0 nitrogen and oxygen atoms in total. The van der Waals surface area contributed by atoms with E-state index in [9.17, 15) is 0 Å². The van der Waals surface area contributed by atoms with Gasteiger partial charge in [0.2, 0.25) is 0 Å². The zero-order chi connectivity index (χ0) is 4.57. The maximum atomic E-state index is 5.44. The normalized spacial score (nSPS) is 19.3. The van der Waals surface area contributed by atoms with Gasteiger partial charge in [0.15, 0.2) is 0 Å². The summed E-state index contributed by atoms with van der Waals surface area (Å²) in [6.45, 7) is 0. The highest BCUT2D eigenvalue weighted by atomic mass is 35.5. The lowest BCUT2D eigenvalue weighted by atomic mass is 10.5. The van der Waals surface area contributed by atoms with Crippen LogP contribution in [0, 0.1) is 5.92 Å². The van der Waals surface area contributed by atoms with Crippen LogP contribution in [0.3, 0.4) is 0 Å². The quantitative estimate of drug-likeness (QED) is 0.391. The van der Waals surface area contributed by atoms with Gasteiger partial charge in [0.05, 0.1) is 0 Å². The minimum absolute atomic E-state index is 0. The molecule has 0 aromatic carbocycles. The fourth-order valence-electron chi connectivity index (χ4n) is 0.348. The maximum Gasteiger partial charge on any atom is 0.316 e. The van der Waals surface area contributed by atoms with Crippen LogP contribution in [0.1, 0.15) is 12.8 Å². The Morgan fingerprint density at radius 1 is 1.29 bits per heavy atom. The smallest absolute Gasteiger partial charge is 0.105 e. The van der Waals surface area contributed by atoms with E-state index in [0.717, 1.165) is 0 Å². The van der Waals surface area contributed by atoms with Crippen LogP contribution in [0.4, 0.5) is 0 Å². The number of rotatable bonds is 1. The molecule has 0 radical (unpaired) electrons. The molecule has 1 aliphatic rings. The Morgan fingerprint density at radius 2 is 1.71 bits per heavy atom. The minimum atomic E-state index is -0.0926. The van der Waals surface area contributed by atoms with Crippen LogP contribution in [0.25, 0.3) is 0 Å². The summed E-state index contributed by atoms with van der Waals surface area (Å²) in [6, 6.07) is 0. The van der Waals surface area contributed by atoms with E-state index in [4.69, 9.17) is 23.2 Å². The van der Waals surface area contributed by atoms with E-state index in [1.807, 2.05) is 0 Å². The van der Waals surface area contributed by atoms with Crippen molar-refractivity contribution in [3.63, 3.8) is 0 Å². The van der Waals surface area contributed by atoms with Crippen LogP contribution in [0.2, 0.25) is 0 Å². The van der Waals surface area contributed by atoms with E-state index < -0.39 is 0 Å². The number of alkyl halides is 2. The number of hydrogen-bond acceptors (Lipinski definition) is 0. The molecule has 1 aliphatic carbocycles. The predicted octanol–water partition coefficient (Wildman–Crippen LogP) is 1.28. The van der Waals surface area contributed by atoms with Gasteiger partial charge in [-0.05, 0) is 18.8 Å². The van der Waals surface area contributed by atoms with E-state index in [0.29, 0.717) is 5.92 Å². The second-order valence-electron chi connectivity index (χ2n) is 1.67. The molecule has 7 heavy (non-hydrogen) atoms. The van der Waals surface area contributed by atoms with E-state index in [2.05, 4.69) is 0 Å². The molecular weight excluding hydrogens is 143 g/mol. The summed E-state index contributed by atoms with van der Waals surface area (Å²) in [7, 11) is 0. The molecule has 1 rings (SSSR count). The van der Waals surface area contributed by atoms with Crippen LogP contribution >= 0.6 is 23.2 Å². The van der Waals surface area contributed by atoms with Gasteiger partial charge in [-0.2, -0.15) is 0 Å². The van der Waals surface area contributed by atoms with Crippen molar-refractivity contribution in [2.45, 2.75) is 17.7 Å². The first-order valence-electron chi connectivity index (χ1n) is 2.09. The molecule has 3 heteroatoms. The molecule has 0 saturated heterocycles. The van der Waals surface area contributed by atoms with Gasteiger partial charge in [-0.3, -0.25) is 0 Å². The molecule has 0 bridgehead atoms. The zero-order valence-electron chi connectivity index (χ0n) is 3.32. The third-order valence-corrected chi connectivity index (χ3v) is 1.69. The molecule has 1 saturated carbocycles. The fourth-order valence-corrected chi connectivity index (χ4v) is 0.852. The monoisotopic (exact) mass is 150 g/mol. The van der Waals surface area contributed by atoms with E-state index in [-0.39, 0.29) is 27.9 Å². The molecule has 0 unspecified atom stereocenters. The second kappa shape index (κ2) is 3.39. The Balaban J connectivity index is 0.000000360. The van der Waals surface area contributed by atoms with Gasteiger partial charge in [0.1, 0.15) is 4.84 Å². The summed E-state index contributed by atoms with van der Waals surface area (Å²) >= 11 is 10.9. The number of halogens is 2. The Hall–Kier alpha value is 1.35. The van der Waals surface area contributed by atoms with Crippen molar-refractivity contribution in [3.05, 3.63) is 0 Å². The van der Waals surface area contributed by atoms with Gasteiger partial charge >= 0.3 is 23.1 Å². The average Bonchev–Trinajstić information content (AvgIpc) is 2.06. The molecular formula is C4H8Cl2Mg. The third-order valence-electron chi connectivity index (χ3n) is 0.978. The maximum absolute atomic E-state index is 5.44. The Kier molecular flexibility index (Phi) is 4.04. The minimum Gasteiger partial charge on any atom is -0.105 e. The lowest BCUT2D eigenvalue weighted by Gasteiger charge is -1.88. The van der Waals surface area contributed by atoms with Crippen molar-refractivity contribution in [3.8, 4) is 0 Å². The fraction of sp³-hybridized carbons (Fsp3) is 1.00. The van der Waals surface area contributed by atoms with Crippen LogP contribution in [0.15, 0.2) is 0 Å². The summed E-state index contributed by atoms with van der Waals surface area (Å²) < 4.78 is 0. The van der Waals surface area contributed by atoms with Crippen molar-refractivity contribution < 1.29 is 0 Å². The summed E-state index contributed by atoms with van der Waals surface area (Å²) in [4.78, 5) is -0.0926. The average molecular weight is 151 g/mol. The molecule has 0 atom stereocenters. The van der Waals surface area contributed by atoms with Crippen molar-refractivity contribution in [2.24, 2.45) is 5.92 Å². The highest BCUT2D eigenvalue weighted by Gasteiger charge is 2.27. The van der Waals surface area contributed by atoms with Crippen molar-refractivity contribution in [2.75, 3.05) is 0 Å². The van der Waals surface area contributed by atoms with E-state index >= 15 is 0 Å². The predicted molar refractivity (Wildman–Crippen MR) is 36.8 cm³/mol. The van der Waals surface area contributed by atoms with Gasteiger partial charge in [-0.1, -0.05) is 0 Å².